The van der Waals surface area contributed by atoms with Crippen LogP contribution in [0.1, 0.15) is 17.2 Å². The lowest BCUT2D eigenvalue weighted by Gasteiger charge is -2.17. The fourth-order valence-corrected chi connectivity index (χ4v) is 2.58. The molecular weight excluding hydrogens is 244 g/mol. The number of rotatable bonds is 3. The normalized spacial score (nSPS) is 12.3. The zero-order valence-corrected chi connectivity index (χ0v) is 11.5. The zero-order valence-electron chi connectivity index (χ0n) is 11.5. The molecule has 3 aromatic carbocycles. The molecule has 0 heterocycles. The minimum atomic E-state index is -0.122. The summed E-state index contributed by atoms with van der Waals surface area (Å²) in [5, 5.41) is 5.67. The summed E-state index contributed by atoms with van der Waals surface area (Å²) in [6.45, 7) is 0. The summed E-state index contributed by atoms with van der Waals surface area (Å²) in [6, 6.07) is 22.8. The zero-order chi connectivity index (χ0) is 13.9. The highest BCUT2D eigenvalue weighted by molar-refractivity contribution is 5.83. The smallest absolute Gasteiger partial charge is 0.0572 e. The first-order valence-electron chi connectivity index (χ1n) is 6.80. The van der Waals surface area contributed by atoms with Crippen LogP contribution in [0.3, 0.4) is 0 Å². The van der Waals surface area contributed by atoms with Crippen LogP contribution in [0.4, 0.5) is 5.69 Å². The fourth-order valence-electron chi connectivity index (χ4n) is 2.58. The van der Waals surface area contributed by atoms with Crippen molar-refractivity contribution < 1.29 is 0 Å². The molecule has 0 amide bonds. The average molecular weight is 262 g/mol. The van der Waals surface area contributed by atoms with Crippen LogP contribution in [-0.4, -0.2) is 7.05 Å². The molecule has 0 aliphatic heterocycles. The lowest BCUT2D eigenvalue weighted by molar-refractivity contribution is 0.875. The summed E-state index contributed by atoms with van der Waals surface area (Å²) in [6.07, 6.45) is 0. The van der Waals surface area contributed by atoms with Crippen molar-refractivity contribution in [2.45, 2.75) is 6.04 Å². The van der Waals surface area contributed by atoms with Gasteiger partial charge in [0, 0.05) is 12.7 Å². The van der Waals surface area contributed by atoms with Crippen molar-refractivity contribution in [3.63, 3.8) is 0 Å². The number of anilines is 1. The maximum Gasteiger partial charge on any atom is 0.0572 e. The van der Waals surface area contributed by atoms with Gasteiger partial charge in [-0.05, 0) is 34.0 Å². The minimum absolute atomic E-state index is 0.122. The number of para-hydroxylation sites is 1. The maximum atomic E-state index is 6.44. The van der Waals surface area contributed by atoms with E-state index in [1.807, 2.05) is 19.2 Å². The van der Waals surface area contributed by atoms with E-state index >= 15 is 0 Å². The number of hydrogen-bond acceptors (Lipinski definition) is 2. The number of nitrogens with two attached hydrogens (primary N) is 1. The van der Waals surface area contributed by atoms with Crippen LogP contribution < -0.4 is 11.1 Å². The first-order valence-corrected chi connectivity index (χ1v) is 6.80. The summed E-state index contributed by atoms with van der Waals surface area (Å²) in [5.74, 6) is 0. The van der Waals surface area contributed by atoms with Crippen LogP contribution in [0, 0.1) is 0 Å². The average Bonchev–Trinajstić information content (AvgIpc) is 2.53. The van der Waals surface area contributed by atoms with Gasteiger partial charge in [0.15, 0.2) is 0 Å². The van der Waals surface area contributed by atoms with Crippen molar-refractivity contribution >= 4 is 16.5 Å². The summed E-state index contributed by atoms with van der Waals surface area (Å²) in [4.78, 5) is 0. The van der Waals surface area contributed by atoms with Gasteiger partial charge in [0.05, 0.1) is 6.04 Å². The van der Waals surface area contributed by atoms with Gasteiger partial charge >= 0.3 is 0 Å². The fraction of sp³-hybridized carbons (Fsp3) is 0.111. The molecule has 0 aliphatic rings. The molecule has 0 spiro atoms. The quantitative estimate of drug-likeness (QED) is 0.750. The molecule has 3 N–H and O–H groups in total. The van der Waals surface area contributed by atoms with Crippen LogP contribution >= 0.6 is 0 Å². The van der Waals surface area contributed by atoms with Crippen LogP contribution in [-0.2, 0) is 0 Å². The predicted molar refractivity (Wildman–Crippen MR) is 86.0 cm³/mol. The van der Waals surface area contributed by atoms with E-state index in [1.54, 1.807) is 0 Å². The van der Waals surface area contributed by atoms with Crippen molar-refractivity contribution in [3.05, 3.63) is 77.9 Å². The SMILES string of the molecule is CNc1ccccc1C(N)c1ccc2ccccc2c1. The molecule has 3 aromatic rings. The first-order chi connectivity index (χ1) is 9.79. The number of nitrogens with one attached hydrogen (secondary N) is 1. The van der Waals surface area contributed by atoms with Gasteiger partial charge in [-0.1, -0.05) is 54.6 Å². The Labute approximate surface area is 119 Å². The molecule has 0 aliphatic carbocycles. The Kier molecular flexibility index (Phi) is 3.40. The van der Waals surface area contributed by atoms with Crippen molar-refractivity contribution in [3.8, 4) is 0 Å². The van der Waals surface area contributed by atoms with Gasteiger partial charge in [-0.25, -0.2) is 0 Å². The van der Waals surface area contributed by atoms with Gasteiger partial charge in [0.1, 0.15) is 0 Å². The summed E-state index contributed by atoms with van der Waals surface area (Å²) in [7, 11) is 1.92. The summed E-state index contributed by atoms with van der Waals surface area (Å²) in [5.41, 5.74) is 9.77. The lowest BCUT2D eigenvalue weighted by Crippen LogP contribution is -2.13. The van der Waals surface area contributed by atoms with Gasteiger partial charge in [-0.3, -0.25) is 0 Å². The Morgan fingerprint density at radius 2 is 1.55 bits per heavy atom. The lowest BCUT2D eigenvalue weighted by atomic mass is 9.96. The number of benzene rings is 3. The van der Waals surface area contributed by atoms with Gasteiger partial charge in [-0.2, -0.15) is 0 Å². The molecule has 0 aromatic heterocycles. The molecule has 100 valence electrons. The first kappa shape index (κ1) is 12.7. The molecule has 0 fully saturated rings. The Balaban J connectivity index is 2.05. The molecule has 0 saturated heterocycles. The van der Waals surface area contributed by atoms with Crippen LogP contribution in [0.15, 0.2) is 66.7 Å². The Hall–Kier alpha value is -2.32. The van der Waals surface area contributed by atoms with Crippen LogP contribution in [0.25, 0.3) is 10.8 Å². The van der Waals surface area contributed by atoms with Gasteiger partial charge < -0.3 is 11.1 Å². The van der Waals surface area contributed by atoms with Gasteiger partial charge in [-0.15, -0.1) is 0 Å². The van der Waals surface area contributed by atoms with E-state index in [0.29, 0.717) is 0 Å². The number of fused-ring (bicyclic) bond motifs is 1. The maximum absolute atomic E-state index is 6.44. The summed E-state index contributed by atoms with van der Waals surface area (Å²) < 4.78 is 0. The third-order valence-corrected chi connectivity index (χ3v) is 3.70. The predicted octanol–water partition coefficient (Wildman–Crippen LogP) is 3.93. The third-order valence-electron chi connectivity index (χ3n) is 3.70. The van der Waals surface area contributed by atoms with Gasteiger partial charge in [0.25, 0.3) is 0 Å². The Bertz CT molecular complexity index is 734. The molecule has 0 radical (unpaired) electrons. The van der Waals surface area contributed by atoms with E-state index in [0.717, 1.165) is 16.8 Å². The number of hydrogen-bond donors (Lipinski definition) is 2. The molecule has 0 bridgehead atoms. The topological polar surface area (TPSA) is 38.0 Å². The highest BCUT2D eigenvalue weighted by atomic mass is 14.8. The largest absolute Gasteiger partial charge is 0.388 e. The van der Waals surface area contributed by atoms with Crippen LogP contribution in [0.5, 0.6) is 0 Å². The van der Waals surface area contributed by atoms with E-state index < -0.39 is 0 Å². The summed E-state index contributed by atoms with van der Waals surface area (Å²) >= 11 is 0. The third kappa shape index (κ3) is 2.26. The monoisotopic (exact) mass is 262 g/mol. The van der Waals surface area contributed by atoms with Crippen molar-refractivity contribution in [2.24, 2.45) is 5.73 Å². The Morgan fingerprint density at radius 1 is 0.850 bits per heavy atom. The van der Waals surface area contributed by atoms with Crippen molar-refractivity contribution in [1.82, 2.24) is 0 Å². The van der Waals surface area contributed by atoms with E-state index in [4.69, 9.17) is 5.73 Å². The van der Waals surface area contributed by atoms with Crippen LogP contribution in [0.2, 0.25) is 0 Å². The molecule has 1 atom stereocenters. The van der Waals surface area contributed by atoms with E-state index in [1.165, 1.54) is 10.8 Å². The Morgan fingerprint density at radius 3 is 2.35 bits per heavy atom. The second-order valence-electron chi connectivity index (χ2n) is 4.92. The minimum Gasteiger partial charge on any atom is -0.388 e. The highest BCUT2D eigenvalue weighted by Crippen LogP contribution is 2.28. The molecule has 2 nitrogen and oxygen atoms in total. The highest BCUT2D eigenvalue weighted by Gasteiger charge is 2.12. The van der Waals surface area contributed by atoms with E-state index in [2.05, 4.69) is 59.9 Å². The molecule has 1 unspecified atom stereocenters. The van der Waals surface area contributed by atoms with Crippen molar-refractivity contribution in [2.75, 3.05) is 12.4 Å². The molecule has 20 heavy (non-hydrogen) atoms. The standard InChI is InChI=1S/C18H18N2/c1-20-17-9-5-4-8-16(17)18(19)15-11-10-13-6-2-3-7-14(13)12-15/h2-12,18,20H,19H2,1H3. The van der Waals surface area contributed by atoms with E-state index in [-0.39, 0.29) is 6.04 Å². The molecule has 2 heteroatoms. The molecule has 0 saturated carbocycles. The van der Waals surface area contributed by atoms with E-state index in [9.17, 15) is 0 Å². The second kappa shape index (κ2) is 5.35. The molecule has 3 rings (SSSR count). The van der Waals surface area contributed by atoms with Gasteiger partial charge in [0.2, 0.25) is 0 Å². The second-order valence-corrected chi connectivity index (χ2v) is 4.92. The van der Waals surface area contributed by atoms with Crippen molar-refractivity contribution in [1.29, 1.82) is 0 Å². The molecular formula is C18H18N2.